The summed E-state index contributed by atoms with van der Waals surface area (Å²) in [5.74, 6) is 1.46. The predicted molar refractivity (Wildman–Crippen MR) is 194 cm³/mol. The first-order valence-electron chi connectivity index (χ1n) is 17.3. The van der Waals surface area contributed by atoms with Gasteiger partial charge in [0.25, 0.3) is 5.88 Å². The highest BCUT2D eigenvalue weighted by atomic mass is 35.5. The van der Waals surface area contributed by atoms with Crippen LogP contribution in [-0.2, 0) is 20.8 Å². The van der Waals surface area contributed by atoms with Crippen LogP contribution in [0.2, 0.25) is 5.02 Å². The summed E-state index contributed by atoms with van der Waals surface area (Å²) in [6.45, 7) is 10.5. The Morgan fingerprint density at radius 1 is 0.980 bits per heavy atom. The van der Waals surface area contributed by atoms with Gasteiger partial charge in [0.2, 0.25) is 5.95 Å². The van der Waals surface area contributed by atoms with E-state index in [4.69, 9.17) is 40.4 Å². The number of morpholine rings is 1. The van der Waals surface area contributed by atoms with E-state index in [9.17, 15) is 0 Å². The van der Waals surface area contributed by atoms with Crippen molar-refractivity contribution in [2.24, 2.45) is 0 Å². The fourth-order valence-corrected chi connectivity index (χ4v) is 6.78. The van der Waals surface area contributed by atoms with Crippen LogP contribution >= 0.6 is 24.0 Å². The summed E-state index contributed by atoms with van der Waals surface area (Å²) in [6.07, 6.45) is 11.7. The van der Waals surface area contributed by atoms with E-state index in [1.165, 1.54) is 0 Å². The Balaban J connectivity index is 0.00000504. The highest BCUT2D eigenvalue weighted by molar-refractivity contribution is 6.32. The van der Waals surface area contributed by atoms with E-state index >= 15 is 0 Å². The summed E-state index contributed by atoms with van der Waals surface area (Å²) in [5, 5.41) is 19.9. The van der Waals surface area contributed by atoms with Crippen LogP contribution in [0.4, 0.5) is 11.6 Å². The summed E-state index contributed by atoms with van der Waals surface area (Å²) in [6, 6.07) is 6.44. The van der Waals surface area contributed by atoms with Gasteiger partial charge >= 0.3 is 0 Å². The first kappa shape index (κ1) is 38.6. The largest absolute Gasteiger partial charge is 0.487 e. The number of tetrazole rings is 1. The molecule has 2 aliphatic rings. The molecule has 3 aromatic heterocycles. The third kappa shape index (κ3) is 10.7. The molecule has 0 radical (unpaired) electrons. The van der Waals surface area contributed by atoms with Gasteiger partial charge in [-0.25, -0.2) is 14.6 Å². The fourth-order valence-electron chi connectivity index (χ4n) is 6.62. The molecule has 0 bridgehead atoms. The van der Waals surface area contributed by atoms with Crippen molar-refractivity contribution in [1.82, 2.24) is 44.9 Å². The minimum Gasteiger partial charge on any atom is -0.487 e. The van der Waals surface area contributed by atoms with E-state index in [0.29, 0.717) is 67.3 Å². The number of nitrogens with zero attached hydrogens (tertiary/aromatic N) is 9. The topological polar surface area (TPSA) is 149 Å². The van der Waals surface area contributed by atoms with E-state index in [-0.39, 0.29) is 36.8 Å². The summed E-state index contributed by atoms with van der Waals surface area (Å²) in [4.78, 5) is 11.8. The molecule has 278 valence electrons. The third-order valence-electron chi connectivity index (χ3n) is 8.93. The zero-order valence-electron chi connectivity index (χ0n) is 29.6. The maximum absolute atomic E-state index is 6.47. The fraction of sp³-hybridized carbons (Fsp3) is 0.588. The quantitative estimate of drug-likeness (QED) is 0.149. The van der Waals surface area contributed by atoms with Gasteiger partial charge in [0, 0.05) is 44.2 Å². The lowest BCUT2D eigenvalue weighted by atomic mass is 9.89. The number of hydrogen-bond acceptors (Lipinski definition) is 13. The number of aromatic nitrogens is 8. The molecule has 51 heavy (non-hydrogen) atoms. The highest BCUT2D eigenvalue weighted by Crippen LogP contribution is 2.36. The van der Waals surface area contributed by atoms with E-state index in [1.54, 1.807) is 36.6 Å². The summed E-state index contributed by atoms with van der Waals surface area (Å²) in [7, 11) is 1.65. The molecule has 1 N–H and O–H groups in total. The average molecular weight is 748 g/mol. The van der Waals surface area contributed by atoms with Gasteiger partial charge in [0.05, 0.1) is 55.8 Å². The SMILES string of the molecule is COCCOCCOc1nn([C@H]2CC[C@H](N3C[C@@H](C)O[C@@H](C)C3)CC2)cc1Nc1ncc(-c2ccc(Cl)c(O[C@@H](C)Cn3cnnn3)c2)cn1.Cl. The standard InChI is InChI=1S/C34H47ClN10O5.ClH/c1-23-18-43(19-24(2)49-23)28-6-8-29(9-7-28)45-21-31(33(40-45)48-14-13-47-12-11-46-4)39-34-36-16-27(17-37-34)26-5-10-30(35)32(15-26)50-25(3)20-44-22-38-41-42-44;/h5,10,15-17,21-25,28-29H,6-9,11-14,18-20H2,1-4H3,(H,36,37,39);1H/t23-,24+,25-,28-,29-;/m0./s1. The second-order valence-corrected chi connectivity index (χ2v) is 13.4. The van der Waals surface area contributed by atoms with E-state index in [1.807, 2.05) is 29.9 Å². The molecule has 15 nitrogen and oxygen atoms in total. The Labute approximate surface area is 309 Å². The monoisotopic (exact) mass is 746 g/mol. The molecule has 0 spiro atoms. The van der Waals surface area contributed by atoms with Crippen molar-refractivity contribution in [2.45, 2.75) is 83.4 Å². The first-order valence-corrected chi connectivity index (χ1v) is 17.7. The third-order valence-corrected chi connectivity index (χ3v) is 9.24. The maximum atomic E-state index is 6.47. The molecule has 1 aliphatic heterocycles. The van der Waals surface area contributed by atoms with Crippen LogP contribution in [0.3, 0.4) is 0 Å². The van der Waals surface area contributed by atoms with E-state index in [2.05, 4.69) is 49.6 Å². The van der Waals surface area contributed by atoms with Crippen molar-refractivity contribution >= 4 is 35.6 Å². The van der Waals surface area contributed by atoms with E-state index in [0.717, 1.165) is 49.9 Å². The number of rotatable bonds is 16. The Hall–Kier alpha value is -3.60. The summed E-state index contributed by atoms with van der Waals surface area (Å²) in [5.41, 5.74) is 2.38. The minimum absolute atomic E-state index is 0. The number of ether oxygens (including phenoxy) is 5. The zero-order chi connectivity index (χ0) is 34.9. The molecule has 2 fully saturated rings. The Kier molecular flexibility index (Phi) is 14.2. The van der Waals surface area contributed by atoms with Gasteiger partial charge in [-0.1, -0.05) is 17.7 Å². The molecule has 4 aromatic rings. The first-order chi connectivity index (χ1) is 24.3. The van der Waals surface area contributed by atoms with Gasteiger partial charge in [-0.05, 0) is 74.6 Å². The van der Waals surface area contributed by atoms with Gasteiger partial charge in [-0.3, -0.25) is 9.58 Å². The maximum Gasteiger partial charge on any atom is 0.257 e. The lowest BCUT2D eigenvalue weighted by molar-refractivity contribution is -0.0852. The van der Waals surface area contributed by atoms with Crippen LogP contribution in [0.5, 0.6) is 11.6 Å². The molecular weight excluding hydrogens is 699 g/mol. The molecule has 17 heteroatoms. The zero-order valence-corrected chi connectivity index (χ0v) is 31.1. The van der Waals surface area contributed by atoms with Crippen molar-refractivity contribution in [3.63, 3.8) is 0 Å². The van der Waals surface area contributed by atoms with Crippen LogP contribution in [0.25, 0.3) is 11.1 Å². The van der Waals surface area contributed by atoms with Crippen LogP contribution in [0.1, 0.15) is 52.5 Å². The Morgan fingerprint density at radius 2 is 1.71 bits per heavy atom. The van der Waals surface area contributed by atoms with Gasteiger partial charge in [0.1, 0.15) is 30.5 Å². The van der Waals surface area contributed by atoms with Crippen LogP contribution < -0.4 is 14.8 Å². The molecule has 4 heterocycles. The van der Waals surface area contributed by atoms with Gasteiger partial charge < -0.3 is 29.0 Å². The van der Waals surface area contributed by atoms with Gasteiger partial charge in [-0.15, -0.1) is 22.6 Å². The average Bonchev–Trinajstić information content (AvgIpc) is 3.77. The predicted octanol–water partition coefficient (Wildman–Crippen LogP) is 5.25. The smallest absolute Gasteiger partial charge is 0.257 e. The normalized spacial score (nSPS) is 21.5. The lowest BCUT2D eigenvalue weighted by Crippen LogP contribution is -2.51. The second kappa shape index (κ2) is 18.8. The van der Waals surface area contributed by atoms with Crippen LogP contribution in [-0.4, -0.2) is 116 Å². The number of anilines is 2. The van der Waals surface area contributed by atoms with Crippen molar-refractivity contribution in [1.29, 1.82) is 0 Å². The van der Waals surface area contributed by atoms with E-state index < -0.39 is 0 Å². The summed E-state index contributed by atoms with van der Waals surface area (Å²) >= 11 is 6.47. The van der Waals surface area contributed by atoms with Crippen molar-refractivity contribution in [3.8, 4) is 22.8 Å². The Bertz CT molecular complexity index is 1610. The minimum atomic E-state index is -0.212. The number of benzene rings is 1. The van der Waals surface area contributed by atoms with Crippen LogP contribution in [0, 0.1) is 0 Å². The molecule has 0 unspecified atom stereocenters. The molecule has 3 atom stereocenters. The van der Waals surface area contributed by atoms with Crippen molar-refractivity contribution in [2.75, 3.05) is 51.9 Å². The van der Waals surface area contributed by atoms with Crippen LogP contribution in [0.15, 0.2) is 43.1 Å². The molecular formula is C34H48Cl2N10O5. The molecule has 6 rings (SSSR count). The number of hydrogen-bond donors (Lipinski definition) is 1. The van der Waals surface area contributed by atoms with Gasteiger partial charge in [0.15, 0.2) is 0 Å². The number of nitrogens with one attached hydrogen (secondary N) is 1. The molecule has 1 saturated heterocycles. The molecule has 1 aromatic carbocycles. The highest BCUT2D eigenvalue weighted by Gasteiger charge is 2.32. The summed E-state index contributed by atoms with van der Waals surface area (Å²) < 4.78 is 32.5. The lowest BCUT2D eigenvalue weighted by Gasteiger charge is -2.42. The Morgan fingerprint density at radius 3 is 2.41 bits per heavy atom. The van der Waals surface area contributed by atoms with Crippen molar-refractivity contribution < 1.29 is 23.7 Å². The number of methoxy groups -OCH3 is 1. The van der Waals surface area contributed by atoms with Gasteiger partial charge in [-0.2, -0.15) is 0 Å². The molecule has 1 aliphatic carbocycles. The molecule has 1 saturated carbocycles. The number of halogens is 2. The second-order valence-electron chi connectivity index (χ2n) is 13.0. The van der Waals surface area contributed by atoms with Crippen molar-refractivity contribution in [3.05, 3.63) is 48.1 Å². The molecule has 0 amide bonds.